The van der Waals surface area contributed by atoms with Crippen LogP contribution >= 0.6 is 0 Å². The van der Waals surface area contributed by atoms with E-state index in [0.717, 1.165) is 31.7 Å². The topological polar surface area (TPSA) is 52.6 Å². The SMILES string of the molecule is CC(C)CCC1CCCC1NC(=O)N1CCCC(CO)C1. The van der Waals surface area contributed by atoms with Crippen LogP contribution < -0.4 is 5.32 Å². The standard InChI is InChI=1S/C17H32N2O2/c1-13(2)8-9-15-6-3-7-16(15)18-17(21)19-10-4-5-14(11-19)12-20/h13-16,20H,3-12H2,1-2H3,(H,18,21). The summed E-state index contributed by atoms with van der Waals surface area (Å²) in [4.78, 5) is 14.3. The summed E-state index contributed by atoms with van der Waals surface area (Å²) >= 11 is 0. The molecular weight excluding hydrogens is 264 g/mol. The van der Waals surface area contributed by atoms with E-state index in [9.17, 15) is 9.90 Å². The molecule has 3 unspecified atom stereocenters. The molecule has 2 fully saturated rings. The molecule has 3 atom stereocenters. The van der Waals surface area contributed by atoms with Crippen LogP contribution in [-0.2, 0) is 0 Å². The van der Waals surface area contributed by atoms with E-state index in [1.165, 1.54) is 25.7 Å². The van der Waals surface area contributed by atoms with Gasteiger partial charge in [0, 0.05) is 25.7 Å². The minimum Gasteiger partial charge on any atom is -0.396 e. The van der Waals surface area contributed by atoms with Gasteiger partial charge in [0.25, 0.3) is 0 Å². The Labute approximate surface area is 129 Å². The van der Waals surface area contributed by atoms with Crippen LogP contribution in [0, 0.1) is 17.8 Å². The molecule has 0 spiro atoms. The predicted octanol–water partition coefficient (Wildman–Crippen LogP) is 3.01. The minimum absolute atomic E-state index is 0.0922. The molecule has 1 aliphatic carbocycles. The predicted molar refractivity (Wildman–Crippen MR) is 85.1 cm³/mol. The van der Waals surface area contributed by atoms with Crippen molar-refractivity contribution in [1.29, 1.82) is 0 Å². The maximum absolute atomic E-state index is 12.4. The Morgan fingerprint density at radius 1 is 1.29 bits per heavy atom. The second-order valence-electron chi connectivity index (χ2n) is 7.36. The van der Waals surface area contributed by atoms with Crippen molar-refractivity contribution in [3.05, 3.63) is 0 Å². The van der Waals surface area contributed by atoms with E-state index >= 15 is 0 Å². The van der Waals surface area contributed by atoms with Crippen molar-refractivity contribution in [2.24, 2.45) is 17.8 Å². The fraction of sp³-hybridized carbons (Fsp3) is 0.941. The molecule has 0 radical (unpaired) electrons. The van der Waals surface area contributed by atoms with Crippen molar-refractivity contribution in [3.63, 3.8) is 0 Å². The molecule has 0 aromatic heterocycles. The molecule has 21 heavy (non-hydrogen) atoms. The van der Waals surface area contributed by atoms with E-state index in [2.05, 4.69) is 19.2 Å². The molecule has 4 heteroatoms. The Morgan fingerprint density at radius 2 is 2.10 bits per heavy atom. The van der Waals surface area contributed by atoms with Crippen molar-refractivity contribution < 1.29 is 9.90 Å². The molecular formula is C17H32N2O2. The molecule has 0 aromatic rings. The van der Waals surface area contributed by atoms with Crippen molar-refractivity contribution in [2.75, 3.05) is 19.7 Å². The number of nitrogens with zero attached hydrogens (tertiary/aromatic N) is 1. The summed E-state index contributed by atoms with van der Waals surface area (Å²) in [7, 11) is 0. The second-order valence-corrected chi connectivity index (χ2v) is 7.36. The highest BCUT2D eigenvalue weighted by Crippen LogP contribution is 2.31. The lowest BCUT2D eigenvalue weighted by atomic mass is 9.93. The number of rotatable bonds is 5. The summed E-state index contributed by atoms with van der Waals surface area (Å²) in [5.41, 5.74) is 0. The number of urea groups is 1. The van der Waals surface area contributed by atoms with Gasteiger partial charge in [-0.25, -0.2) is 4.79 Å². The van der Waals surface area contributed by atoms with Crippen LogP contribution in [0.1, 0.15) is 58.8 Å². The van der Waals surface area contributed by atoms with E-state index in [1.54, 1.807) is 0 Å². The molecule has 1 saturated heterocycles. The van der Waals surface area contributed by atoms with Gasteiger partial charge in [-0.05, 0) is 49.9 Å². The molecule has 1 aliphatic heterocycles. The number of amides is 2. The number of carbonyl (C=O) groups excluding carboxylic acids is 1. The van der Waals surface area contributed by atoms with Gasteiger partial charge in [0.15, 0.2) is 0 Å². The van der Waals surface area contributed by atoms with Gasteiger partial charge < -0.3 is 15.3 Å². The van der Waals surface area contributed by atoms with E-state index in [1.807, 2.05) is 4.90 Å². The average Bonchev–Trinajstić information content (AvgIpc) is 2.92. The summed E-state index contributed by atoms with van der Waals surface area (Å²) in [5.74, 6) is 1.67. The zero-order valence-corrected chi connectivity index (χ0v) is 13.7. The third-order valence-corrected chi connectivity index (χ3v) is 5.15. The third-order valence-electron chi connectivity index (χ3n) is 5.15. The van der Waals surface area contributed by atoms with Crippen molar-refractivity contribution in [3.8, 4) is 0 Å². The molecule has 4 nitrogen and oxygen atoms in total. The summed E-state index contributed by atoms with van der Waals surface area (Å²) < 4.78 is 0. The largest absolute Gasteiger partial charge is 0.396 e. The lowest BCUT2D eigenvalue weighted by molar-refractivity contribution is 0.126. The number of hydrogen-bond acceptors (Lipinski definition) is 2. The first-order valence-corrected chi connectivity index (χ1v) is 8.76. The van der Waals surface area contributed by atoms with Crippen LogP contribution in [0.2, 0.25) is 0 Å². The molecule has 2 N–H and O–H groups in total. The van der Waals surface area contributed by atoms with Gasteiger partial charge in [0.2, 0.25) is 0 Å². The highest BCUT2D eigenvalue weighted by molar-refractivity contribution is 5.74. The number of hydrogen-bond donors (Lipinski definition) is 2. The molecule has 122 valence electrons. The molecule has 1 saturated carbocycles. The second kappa shape index (κ2) is 8.02. The first-order chi connectivity index (χ1) is 10.1. The Balaban J connectivity index is 1.80. The monoisotopic (exact) mass is 296 g/mol. The third kappa shape index (κ3) is 4.87. The van der Waals surface area contributed by atoms with Gasteiger partial charge in [0.1, 0.15) is 0 Å². The number of likely N-dealkylation sites (tertiary alicyclic amines) is 1. The smallest absolute Gasteiger partial charge is 0.317 e. The van der Waals surface area contributed by atoms with Gasteiger partial charge >= 0.3 is 6.03 Å². The fourth-order valence-electron chi connectivity index (χ4n) is 3.77. The lowest BCUT2D eigenvalue weighted by Crippen LogP contribution is -2.50. The average molecular weight is 296 g/mol. The zero-order chi connectivity index (χ0) is 15.2. The number of piperidine rings is 1. The van der Waals surface area contributed by atoms with E-state index in [4.69, 9.17) is 0 Å². The van der Waals surface area contributed by atoms with Gasteiger partial charge in [-0.1, -0.05) is 26.7 Å². The maximum Gasteiger partial charge on any atom is 0.317 e. The van der Waals surface area contributed by atoms with Crippen molar-refractivity contribution in [1.82, 2.24) is 10.2 Å². The Morgan fingerprint density at radius 3 is 2.81 bits per heavy atom. The number of nitrogens with one attached hydrogen (secondary N) is 1. The Kier molecular flexibility index (Phi) is 6.34. The van der Waals surface area contributed by atoms with Crippen LogP contribution in [0.3, 0.4) is 0 Å². The molecule has 0 aromatic carbocycles. The first-order valence-electron chi connectivity index (χ1n) is 8.76. The number of aliphatic hydroxyl groups is 1. The van der Waals surface area contributed by atoms with Crippen LogP contribution in [0.25, 0.3) is 0 Å². The summed E-state index contributed by atoms with van der Waals surface area (Å²) in [6.45, 7) is 6.29. The first kappa shape index (κ1) is 16.6. The van der Waals surface area contributed by atoms with Crippen LogP contribution in [0.15, 0.2) is 0 Å². The van der Waals surface area contributed by atoms with E-state index in [-0.39, 0.29) is 18.6 Å². The summed E-state index contributed by atoms with van der Waals surface area (Å²) in [6, 6.07) is 0.459. The van der Waals surface area contributed by atoms with Crippen LogP contribution in [-0.4, -0.2) is 41.8 Å². The minimum atomic E-state index is 0.0922. The van der Waals surface area contributed by atoms with Crippen LogP contribution in [0.5, 0.6) is 0 Å². The summed E-state index contributed by atoms with van der Waals surface area (Å²) in [5, 5.41) is 12.6. The fourth-order valence-corrected chi connectivity index (χ4v) is 3.77. The molecule has 2 amide bonds. The van der Waals surface area contributed by atoms with E-state index < -0.39 is 0 Å². The Bertz CT molecular complexity index is 333. The number of carbonyl (C=O) groups is 1. The zero-order valence-electron chi connectivity index (χ0n) is 13.7. The highest BCUT2D eigenvalue weighted by atomic mass is 16.3. The lowest BCUT2D eigenvalue weighted by Gasteiger charge is -2.33. The molecule has 1 heterocycles. The number of aliphatic hydroxyl groups excluding tert-OH is 1. The normalized spacial score (nSPS) is 29.9. The van der Waals surface area contributed by atoms with Crippen molar-refractivity contribution in [2.45, 2.75) is 64.8 Å². The maximum atomic E-state index is 12.4. The highest BCUT2D eigenvalue weighted by Gasteiger charge is 2.31. The van der Waals surface area contributed by atoms with Crippen LogP contribution in [0.4, 0.5) is 4.79 Å². The van der Waals surface area contributed by atoms with Gasteiger partial charge in [0.05, 0.1) is 0 Å². The van der Waals surface area contributed by atoms with Gasteiger partial charge in [-0.15, -0.1) is 0 Å². The van der Waals surface area contributed by atoms with Gasteiger partial charge in [-0.2, -0.15) is 0 Å². The van der Waals surface area contributed by atoms with Crippen molar-refractivity contribution >= 4 is 6.03 Å². The van der Waals surface area contributed by atoms with E-state index in [0.29, 0.717) is 18.5 Å². The quantitative estimate of drug-likeness (QED) is 0.819. The molecule has 0 bridgehead atoms. The van der Waals surface area contributed by atoms with Gasteiger partial charge in [-0.3, -0.25) is 0 Å². The molecule has 2 rings (SSSR count). The summed E-state index contributed by atoms with van der Waals surface area (Å²) in [6.07, 6.45) is 8.19. The Hall–Kier alpha value is -0.770. The molecule has 2 aliphatic rings.